The van der Waals surface area contributed by atoms with Gasteiger partial charge in [-0.1, -0.05) is 12.1 Å². The Bertz CT molecular complexity index is 608. The highest BCUT2D eigenvalue weighted by Gasteiger charge is 2.20. The first kappa shape index (κ1) is 13.2. The van der Waals surface area contributed by atoms with E-state index < -0.39 is 0 Å². The van der Waals surface area contributed by atoms with Gasteiger partial charge in [0.2, 0.25) is 0 Å². The van der Waals surface area contributed by atoms with Crippen molar-refractivity contribution in [3.63, 3.8) is 0 Å². The third-order valence-electron chi connectivity index (χ3n) is 3.35. The second-order valence-electron chi connectivity index (χ2n) is 5.38. The standard InChI is InChI=1S/C16H18FN3/c1-11-7-15(10-18-14-5-6-14)20-16(19-11)9-12-3-2-4-13(17)8-12/h2-4,7-8,14,18H,5-6,9-10H2,1H3. The zero-order valence-electron chi connectivity index (χ0n) is 11.6. The first-order chi connectivity index (χ1) is 9.69. The van der Waals surface area contributed by atoms with Crippen LogP contribution >= 0.6 is 0 Å². The Morgan fingerprint density at radius 3 is 2.85 bits per heavy atom. The van der Waals surface area contributed by atoms with E-state index in [0.717, 1.165) is 29.3 Å². The number of halogens is 1. The molecule has 3 rings (SSSR count). The molecule has 0 aliphatic heterocycles. The fourth-order valence-electron chi connectivity index (χ4n) is 2.24. The van der Waals surface area contributed by atoms with Crippen molar-refractivity contribution in [3.8, 4) is 0 Å². The van der Waals surface area contributed by atoms with Crippen LogP contribution in [0.3, 0.4) is 0 Å². The summed E-state index contributed by atoms with van der Waals surface area (Å²) in [5, 5.41) is 3.45. The molecule has 2 aromatic rings. The Hall–Kier alpha value is -1.81. The van der Waals surface area contributed by atoms with Gasteiger partial charge in [-0.15, -0.1) is 0 Å². The van der Waals surface area contributed by atoms with Crippen LogP contribution in [0.15, 0.2) is 30.3 Å². The molecule has 1 aliphatic rings. The number of aryl methyl sites for hydroxylation is 1. The molecule has 4 heteroatoms. The highest BCUT2D eigenvalue weighted by molar-refractivity contribution is 5.21. The summed E-state index contributed by atoms with van der Waals surface area (Å²) >= 11 is 0. The molecule has 0 atom stereocenters. The van der Waals surface area contributed by atoms with Crippen LogP contribution in [0.5, 0.6) is 0 Å². The minimum atomic E-state index is -0.217. The van der Waals surface area contributed by atoms with Crippen LogP contribution in [0.25, 0.3) is 0 Å². The zero-order chi connectivity index (χ0) is 13.9. The van der Waals surface area contributed by atoms with Crippen LogP contribution in [0.4, 0.5) is 4.39 Å². The monoisotopic (exact) mass is 271 g/mol. The van der Waals surface area contributed by atoms with Crippen molar-refractivity contribution < 1.29 is 4.39 Å². The molecule has 1 aromatic heterocycles. The molecule has 0 unspecified atom stereocenters. The number of nitrogens with zero attached hydrogens (tertiary/aromatic N) is 2. The second-order valence-corrected chi connectivity index (χ2v) is 5.38. The summed E-state index contributed by atoms with van der Waals surface area (Å²) in [6.07, 6.45) is 3.09. The van der Waals surface area contributed by atoms with E-state index in [0.29, 0.717) is 12.5 Å². The average molecular weight is 271 g/mol. The first-order valence-electron chi connectivity index (χ1n) is 7.00. The van der Waals surface area contributed by atoms with E-state index in [1.54, 1.807) is 6.07 Å². The van der Waals surface area contributed by atoms with Crippen LogP contribution in [0, 0.1) is 12.7 Å². The van der Waals surface area contributed by atoms with Gasteiger partial charge in [0.25, 0.3) is 0 Å². The van der Waals surface area contributed by atoms with Crippen molar-refractivity contribution in [2.45, 2.75) is 38.8 Å². The molecule has 0 radical (unpaired) electrons. The SMILES string of the molecule is Cc1cc(CNC2CC2)nc(Cc2cccc(F)c2)n1. The molecule has 0 bridgehead atoms. The Labute approximate surface area is 118 Å². The molecule has 1 heterocycles. The van der Waals surface area contributed by atoms with Crippen molar-refractivity contribution in [2.24, 2.45) is 0 Å². The van der Waals surface area contributed by atoms with E-state index in [2.05, 4.69) is 15.3 Å². The van der Waals surface area contributed by atoms with E-state index in [1.165, 1.54) is 25.0 Å². The quantitative estimate of drug-likeness (QED) is 0.908. The highest BCUT2D eigenvalue weighted by atomic mass is 19.1. The van der Waals surface area contributed by atoms with Gasteiger partial charge in [0, 0.05) is 24.7 Å². The van der Waals surface area contributed by atoms with Crippen molar-refractivity contribution in [2.75, 3.05) is 0 Å². The van der Waals surface area contributed by atoms with Crippen LogP contribution in [0.1, 0.15) is 35.6 Å². The molecule has 20 heavy (non-hydrogen) atoms. The molecular formula is C16H18FN3. The molecule has 104 valence electrons. The molecule has 1 aromatic carbocycles. The minimum absolute atomic E-state index is 0.217. The molecule has 1 aliphatic carbocycles. The third-order valence-corrected chi connectivity index (χ3v) is 3.35. The van der Waals surface area contributed by atoms with Crippen LogP contribution in [-0.2, 0) is 13.0 Å². The van der Waals surface area contributed by atoms with Gasteiger partial charge in [-0.25, -0.2) is 14.4 Å². The Balaban J connectivity index is 1.74. The predicted molar refractivity (Wildman–Crippen MR) is 75.8 cm³/mol. The van der Waals surface area contributed by atoms with E-state index >= 15 is 0 Å². The Kier molecular flexibility index (Phi) is 3.74. The van der Waals surface area contributed by atoms with Crippen molar-refractivity contribution in [1.29, 1.82) is 0 Å². The lowest BCUT2D eigenvalue weighted by Crippen LogP contribution is -2.17. The van der Waals surface area contributed by atoms with Gasteiger partial charge in [-0.3, -0.25) is 0 Å². The number of aromatic nitrogens is 2. The van der Waals surface area contributed by atoms with Crippen molar-refractivity contribution in [3.05, 3.63) is 58.9 Å². The van der Waals surface area contributed by atoms with E-state index in [9.17, 15) is 4.39 Å². The molecule has 3 nitrogen and oxygen atoms in total. The Morgan fingerprint density at radius 2 is 2.10 bits per heavy atom. The summed E-state index contributed by atoms with van der Waals surface area (Å²) in [7, 11) is 0. The minimum Gasteiger partial charge on any atom is -0.308 e. The van der Waals surface area contributed by atoms with Gasteiger partial charge >= 0.3 is 0 Å². The fourth-order valence-corrected chi connectivity index (χ4v) is 2.24. The van der Waals surface area contributed by atoms with Gasteiger partial charge < -0.3 is 5.32 Å². The van der Waals surface area contributed by atoms with E-state index in [4.69, 9.17) is 0 Å². The Morgan fingerprint density at radius 1 is 1.25 bits per heavy atom. The third kappa shape index (κ3) is 3.61. The molecule has 0 saturated heterocycles. The molecular weight excluding hydrogens is 253 g/mol. The highest BCUT2D eigenvalue weighted by Crippen LogP contribution is 2.19. The number of rotatable bonds is 5. The van der Waals surface area contributed by atoms with Gasteiger partial charge in [-0.2, -0.15) is 0 Å². The van der Waals surface area contributed by atoms with E-state index in [1.807, 2.05) is 19.1 Å². The summed E-state index contributed by atoms with van der Waals surface area (Å²) in [6, 6.07) is 9.27. The summed E-state index contributed by atoms with van der Waals surface area (Å²) in [6.45, 7) is 2.75. The van der Waals surface area contributed by atoms with Crippen LogP contribution in [0.2, 0.25) is 0 Å². The molecule has 0 amide bonds. The summed E-state index contributed by atoms with van der Waals surface area (Å²) in [4.78, 5) is 9.00. The van der Waals surface area contributed by atoms with Gasteiger partial charge in [0.1, 0.15) is 11.6 Å². The lowest BCUT2D eigenvalue weighted by atomic mass is 10.1. The second kappa shape index (κ2) is 5.67. The number of hydrogen-bond donors (Lipinski definition) is 1. The fraction of sp³-hybridized carbons (Fsp3) is 0.375. The topological polar surface area (TPSA) is 37.8 Å². The first-order valence-corrected chi connectivity index (χ1v) is 7.00. The maximum atomic E-state index is 13.2. The molecule has 1 saturated carbocycles. The number of hydrogen-bond acceptors (Lipinski definition) is 3. The van der Waals surface area contributed by atoms with Crippen molar-refractivity contribution in [1.82, 2.24) is 15.3 Å². The summed E-state index contributed by atoms with van der Waals surface area (Å²) in [5.41, 5.74) is 2.87. The maximum Gasteiger partial charge on any atom is 0.133 e. The number of nitrogens with one attached hydrogen (secondary N) is 1. The lowest BCUT2D eigenvalue weighted by molar-refractivity contribution is 0.625. The lowest BCUT2D eigenvalue weighted by Gasteiger charge is -2.07. The summed E-state index contributed by atoms with van der Waals surface area (Å²) < 4.78 is 13.2. The number of benzene rings is 1. The van der Waals surface area contributed by atoms with Gasteiger partial charge in [0.05, 0.1) is 5.69 Å². The van der Waals surface area contributed by atoms with Gasteiger partial charge in [0.15, 0.2) is 0 Å². The molecule has 1 N–H and O–H groups in total. The van der Waals surface area contributed by atoms with Crippen molar-refractivity contribution >= 4 is 0 Å². The smallest absolute Gasteiger partial charge is 0.133 e. The molecule has 1 fully saturated rings. The van der Waals surface area contributed by atoms with E-state index in [-0.39, 0.29) is 5.82 Å². The average Bonchev–Trinajstić information content (AvgIpc) is 3.20. The maximum absolute atomic E-state index is 13.2. The normalized spacial score (nSPS) is 14.5. The van der Waals surface area contributed by atoms with Crippen LogP contribution in [-0.4, -0.2) is 16.0 Å². The van der Waals surface area contributed by atoms with Gasteiger partial charge in [-0.05, 0) is 43.5 Å². The predicted octanol–water partition coefficient (Wildman–Crippen LogP) is 2.77. The molecule has 0 spiro atoms. The summed E-state index contributed by atoms with van der Waals surface area (Å²) in [5.74, 6) is 0.536. The van der Waals surface area contributed by atoms with Crippen LogP contribution < -0.4 is 5.32 Å². The zero-order valence-corrected chi connectivity index (χ0v) is 11.6. The largest absolute Gasteiger partial charge is 0.308 e.